The number of amides is 1. The summed E-state index contributed by atoms with van der Waals surface area (Å²) in [5, 5.41) is 15.3. The molecule has 26 heavy (non-hydrogen) atoms. The van der Waals surface area contributed by atoms with Gasteiger partial charge in [0.15, 0.2) is 5.69 Å². The average Bonchev–Trinajstić information content (AvgIpc) is 3.26. The first-order valence-corrected chi connectivity index (χ1v) is 8.28. The summed E-state index contributed by atoms with van der Waals surface area (Å²) in [5.74, 6) is -0.161. The van der Waals surface area contributed by atoms with Crippen molar-refractivity contribution in [3.63, 3.8) is 0 Å². The Morgan fingerprint density at radius 1 is 1.35 bits per heavy atom. The highest BCUT2D eigenvalue weighted by Gasteiger charge is 2.28. The monoisotopic (exact) mass is 364 g/mol. The van der Waals surface area contributed by atoms with Crippen molar-refractivity contribution in [2.24, 2.45) is 0 Å². The number of nitrogens with one attached hydrogen (secondary N) is 3. The molecule has 1 saturated heterocycles. The summed E-state index contributed by atoms with van der Waals surface area (Å²) in [4.78, 5) is 13.8. The van der Waals surface area contributed by atoms with Crippen LogP contribution in [0.4, 0.5) is 5.82 Å². The van der Waals surface area contributed by atoms with Crippen LogP contribution in [0.5, 0.6) is 0 Å². The second-order valence-corrected chi connectivity index (χ2v) is 5.84. The number of quaternary nitrogens is 1. The molecule has 0 atom stereocenters. The topological polar surface area (TPSA) is 150 Å². The summed E-state index contributed by atoms with van der Waals surface area (Å²) < 4.78 is 11.4. The van der Waals surface area contributed by atoms with Crippen molar-refractivity contribution in [1.82, 2.24) is 36.2 Å². The highest BCUT2D eigenvalue weighted by molar-refractivity contribution is 5.93. The maximum atomic E-state index is 12.5. The minimum absolute atomic E-state index is 0.0672. The van der Waals surface area contributed by atoms with Crippen molar-refractivity contribution in [2.45, 2.75) is 19.9 Å². The summed E-state index contributed by atoms with van der Waals surface area (Å²) in [6.45, 7) is 9.13. The number of hydrazine groups is 1. The van der Waals surface area contributed by atoms with Gasteiger partial charge in [0, 0.05) is 5.70 Å². The maximum Gasteiger partial charge on any atom is 0.292 e. The standard InChI is InChI=1S/C14H21N9O3/c1-3-9(2)16-18-14(24)11-10(8-22-4-6-25-7-5-22)23(21-17-11)13-12(15)19-26-20-13/h16H,2-8H2,1H3,(H2,15,19)(H,18,24)/p+1. The molecule has 1 amide bonds. The number of aromatic nitrogens is 5. The van der Waals surface area contributed by atoms with E-state index in [-0.39, 0.29) is 17.3 Å². The maximum absolute atomic E-state index is 12.5. The Balaban J connectivity index is 1.88. The Hall–Kier alpha value is -2.99. The molecule has 5 N–H and O–H groups in total. The molecule has 0 unspecified atom stereocenters. The van der Waals surface area contributed by atoms with Crippen molar-refractivity contribution >= 4 is 11.7 Å². The van der Waals surface area contributed by atoms with E-state index in [0.29, 0.717) is 37.6 Å². The van der Waals surface area contributed by atoms with Crippen LogP contribution in [-0.2, 0) is 11.3 Å². The Bertz CT molecular complexity index is 778. The van der Waals surface area contributed by atoms with Crippen LogP contribution < -0.4 is 21.5 Å². The number of carbonyl (C=O) groups excluding carboxylic acids is 1. The van der Waals surface area contributed by atoms with Gasteiger partial charge in [-0.05, 0) is 16.7 Å². The molecule has 12 nitrogen and oxygen atoms in total. The van der Waals surface area contributed by atoms with E-state index in [1.165, 1.54) is 9.58 Å². The lowest BCUT2D eigenvalue weighted by molar-refractivity contribution is -0.921. The number of nitrogens with two attached hydrogens (primary N) is 1. The van der Waals surface area contributed by atoms with Gasteiger partial charge >= 0.3 is 0 Å². The summed E-state index contributed by atoms with van der Waals surface area (Å²) in [6, 6.07) is 0. The van der Waals surface area contributed by atoms with Gasteiger partial charge < -0.3 is 20.8 Å². The highest BCUT2D eigenvalue weighted by Crippen LogP contribution is 2.15. The van der Waals surface area contributed by atoms with Crippen LogP contribution in [0.2, 0.25) is 0 Å². The van der Waals surface area contributed by atoms with E-state index >= 15 is 0 Å². The van der Waals surface area contributed by atoms with Crippen LogP contribution in [0.3, 0.4) is 0 Å². The molecule has 140 valence electrons. The summed E-state index contributed by atoms with van der Waals surface area (Å²) >= 11 is 0. The minimum Gasteiger partial charge on any atom is -0.378 e. The Morgan fingerprint density at radius 2 is 2.12 bits per heavy atom. The molecular weight excluding hydrogens is 342 g/mol. The van der Waals surface area contributed by atoms with Crippen LogP contribution in [0, 0.1) is 0 Å². The molecule has 0 radical (unpaired) electrons. The third kappa shape index (κ3) is 3.81. The number of nitrogen functional groups attached to an aromatic ring is 1. The predicted molar refractivity (Wildman–Crippen MR) is 88.9 cm³/mol. The number of morpholine rings is 1. The van der Waals surface area contributed by atoms with Crippen LogP contribution in [-0.4, -0.2) is 57.5 Å². The van der Waals surface area contributed by atoms with E-state index in [0.717, 1.165) is 13.1 Å². The fourth-order valence-electron chi connectivity index (χ4n) is 2.51. The zero-order valence-corrected chi connectivity index (χ0v) is 14.5. The van der Waals surface area contributed by atoms with Crippen LogP contribution in [0.25, 0.3) is 5.82 Å². The van der Waals surface area contributed by atoms with Crippen LogP contribution >= 0.6 is 0 Å². The normalized spacial score (nSPS) is 15.0. The van der Waals surface area contributed by atoms with Crippen LogP contribution in [0.1, 0.15) is 29.5 Å². The van der Waals surface area contributed by atoms with Crippen molar-refractivity contribution < 1.29 is 19.1 Å². The van der Waals surface area contributed by atoms with E-state index in [2.05, 4.69) is 42.7 Å². The molecular formula is C14H22N9O3+. The molecule has 3 rings (SSSR count). The number of allylic oxidation sites excluding steroid dienone is 1. The van der Waals surface area contributed by atoms with Gasteiger partial charge in [-0.2, -0.15) is 4.68 Å². The first-order chi connectivity index (χ1) is 12.6. The molecule has 0 saturated carbocycles. The van der Waals surface area contributed by atoms with Crippen molar-refractivity contribution in [1.29, 1.82) is 0 Å². The van der Waals surface area contributed by atoms with E-state index < -0.39 is 5.91 Å². The number of ether oxygens (including phenoxy) is 1. The number of anilines is 1. The van der Waals surface area contributed by atoms with Gasteiger partial charge in [0.2, 0.25) is 11.6 Å². The largest absolute Gasteiger partial charge is 0.378 e. The van der Waals surface area contributed by atoms with E-state index in [1.54, 1.807) is 0 Å². The number of nitrogens with zero attached hydrogens (tertiary/aromatic N) is 5. The molecule has 12 heteroatoms. The molecule has 2 aromatic heterocycles. The molecule has 1 aliphatic heterocycles. The number of carbonyl (C=O) groups is 1. The van der Waals surface area contributed by atoms with Gasteiger partial charge in [0.05, 0.1) is 13.2 Å². The molecule has 0 bridgehead atoms. The van der Waals surface area contributed by atoms with Gasteiger partial charge in [-0.25, -0.2) is 4.63 Å². The van der Waals surface area contributed by atoms with Gasteiger partial charge in [-0.15, -0.1) is 5.10 Å². The lowest BCUT2D eigenvalue weighted by Gasteiger charge is -2.23. The zero-order valence-electron chi connectivity index (χ0n) is 14.5. The van der Waals surface area contributed by atoms with Gasteiger partial charge in [0.25, 0.3) is 5.91 Å². The van der Waals surface area contributed by atoms with Crippen molar-refractivity contribution in [2.75, 3.05) is 32.0 Å². The average molecular weight is 364 g/mol. The highest BCUT2D eigenvalue weighted by atomic mass is 16.6. The lowest BCUT2D eigenvalue weighted by Crippen LogP contribution is -3.12. The lowest BCUT2D eigenvalue weighted by atomic mass is 10.2. The summed E-state index contributed by atoms with van der Waals surface area (Å²) in [6.07, 6.45) is 0.679. The molecule has 2 aromatic rings. The minimum atomic E-state index is -0.427. The molecule has 0 aliphatic carbocycles. The van der Waals surface area contributed by atoms with E-state index in [1.807, 2.05) is 6.92 Å². The number of hydrogen-bond acceptors (Lipinski definition) is 9. The quantitative estimate of drug-likeness (QED) is 0.401. The summed E-state index contributed by atoms with van der Waals surface area (Å²) in [7, 11) is 0. The summed E-state index contributed by atoms with van der Waals surface area (Å²) in [5.41, 5.74) is 12.5. The van der Waals surface area contributed by atoms with Crippen molar-refractivity contribution in [3.05, 3.63) is 23.7 Å². The third-order valence-corrected chi connectivity index (χ3v) is 4.07. The second-order valence-electron chi connectivity index (χ2n) is 5.84. The van der Waals surface area contributed by atoms with Crippen molar-refractivity contribution in [3.8, 4) is 5.82 Å². The SMILES string of the molecule is C=C(CC)NNC(=O)c1nnn(-c2nonc2N)c1C[NH+]1CCOCC1. The third-order valence-electron chi connectivity index (χ3n) is 4.07. The van der Waals surface area contributed by atoms with Gasteiger partial charge in [-0.3, -0.25) is 10.2 Å². The fourth-order valence-corrected chi connectivity index (χ4v) is 2.51. The Morgan fingerprint density at radius 3 is 2.77 bits per heavy atom. The molecule has 0 spiro atoms. The van der Waals surface area contributed by atoms with E-state index in [4.69, 9.17) is 10.5 Å². The Kier molecular flexibility index (Phi) is 5.43. The zero-order chi connectivity index (χ0) is 18.5. The fraction of sp³-hybridized carbons (Fsp3) is 0.500. The Labute approximate surface area is 149 Å². The number of hydrogen-bond donors (Lipinski definition) is 4. The first kappa shape index (κ1) is 17.8. The van der Waals surface area contributed by atoms with E-state index in [9.17, 15) is 4.79 Å². The molecule has 3 heterocycles. The van der Waals surface area contributed by atoms with Gasteiger partial charge in [-0.1, -0.05) is 18.7 Å². The first-order valence-electron chi connectivity index (χ1n) is 8.28. The second kappa shape index (κ2) is 7.93. The predicted octanol–water partition coefficient (Wildman–Crippen LogP) is -2.19. The van der Waals surface area contributed by atoms with Crippen LogP contribution in [0.15, 0.2) is 16.9 Å². The van der Waals surface area contributed by atoms with Gasteiger partial charge in [0.1, 0.15) is 25.3 Å². The number of rotatable bonds is 7. The smallest absolute Gasteiger partial charge is 0.292 e. The molecule has 0 aromatic carbocycles. The molecule has 1 aliphatic rings. The molecule has 1 fully saturated rings.